The molecule has 3 aromatic rings. The molecule has 29 heavy (non-hydrogen) atoms. The minimum absolute atomic E-state index is 0.479. The fourth-order valence-corrected chi connectivity index (χ4v) is 4.62. The van der Waals surface area contributed by atoms with Crippen molar-refractivity contribution in [2.45, 2.75) is 25.7 Å². The maximum absolute atomic E-state index is 6.64. The van der Waals surface area contributed by atoms with Crippen LogP contribution >= 0.6 is 11.6 Å². The zero-order valence-electron chi connectivity index (χ0n) is 16.6. The van der Waals surface area contributed by atoms with Crippen LogP contribution in [0.3, 0.4) is 0 Å². The van der Waals surface area contributed by atoms with E-state index in [2.05, 4.69) is 31.3 Å². The van der Waals surface area contributed by atoms with Crippen molar-refractivity contribution in [3.63, 3.8) is 0 Å². The van der Waals surface area contributed by atoms with Gasteiger partial charge in [0.2, 0.25) is 0 Å². The van der Waals surface area contributed by atoms with Gasteiger partial charge in [-0.2, -0.15) is 5.10 Å². The van der Waals surface area contributed by atoms with Gasteiger partial charge in [0.05, 0.1) is 24.9 Å². The van der Waals surface area contributed by atoms with Crippen LogP contribution in [-0.4, -0.2) is 59.1 Å². The molecule has 1 N–H and O–H groups in total. The predicted molar refractivity (Wildman–Crippen MR) is 114 cm³/mol. The quantitative estimate of drug-likeness (QED) is 0.713. The summed E-state index contributed by atoms with van der Waals surface area (Å²) in [6.07, 6.45) is 4.07. The molecule has 8 heteroatoms. The molecule has 0 unspecified atom stereocenters. The van der Waals surface area contributed by atoms with Gasteiger partial charge in [0.25, 0.3) is 0 Å². The van der Waals surface area contributed by atoms with Gasteiger partial charge in [-0.15, -0.1) is 0 Å². The fourth-order valence-electron chi connectivity index (χ4n) is 4.29. The zero-order chi connectivity index (χ0) is 19.8. The standard InChI is InChI=1S/C21H25ClN6O/c1-14-25-20(27-6-8-29-9-7-27)12-21(26-14)28-19-11-17(15-2-4-23-5-3-15)18(22)10-16(19)13-24-28/h10-13,15,23H,2-9H2,1H3. The van der Waals surface area contributed by atoms with Crippen molar-refractivity contribution < 1.29 is 4.74 Å². The van der Waals surface area contributed by atoms with Crippen molar-refractivity contribution in [1.82, 2.24) is 25.1 Å². The Hall–Kier alpha value is -2.22. The number of morpholine rings is 1. The zero-order valence-corrected chi connectivity index (χ0v) is 17.3. The van der Waals surface area contributed by atoms with Crippen molar-refractivity contribution in [2.75, 3.05) is 44.3 Å². The number of hydrogen-bond donors (Lipinski definition) is 1. The first-order chi connectivity index (χ1) is 14.2. The predicted octanol–water partition coefficient (Wildman–Crippen LogP) is 3.08. The first kappa shape index (κ1) is 18.8. The first-order valence-corrected chi connectivity index (χ1v) is 10.6. The molecular weight excluding hydrogens is 388 g/mol. The van der Waals surface area contributed by atoms with Gasteiger partial charge >= 0.3 is 0 Å². The van der Waals surface area contributed by atoms with Gasteiger partial charge in [-0.25, -0.2) is 14.6 Å². The van der Waals surface area contributed by atoms with Gasteiger partial charge in [-0.1, -0.05) is 11.6 Å². The van der Waals surface area contributed by atoms with E-state index in [1.807, 2.05) is 29.9 Å². The summed E-state index contributed by atoms with van der Waals surface area (Å²) in [5.41, 5.74) is 2.25. The molecule has 0 amide bonds. The van der Waals surface area contributed by atoms with Crippen molar-refractivity contribution >= 4 is 28.3 Å². The molecule has 2 aromatic heterocycles. The van der Waals surface area contributed by atoms with E-state index in [-0.39, 0.29) is 0 Å². The maximum Gasteiger partial charge on any atom is 0.159 e. The molecule has 4 heterocycles. The summed E-state index contributed by atoms with van der Waals surface area (Å²) >= 11 is 6.64. The van der Waals surface area contributed by atoms with Crippen LogP contribution < -0.4 is 10.2 Å². The molecule has 7 nitrogen and oxygen atoms in total. The number of anilines is 1. The largest absolute Gasteiger partial charge is 0.378 e. The third-order valence-electron chi connectivity index (χ3n) is 5.83. The van der Waals surface area contributed by atoms with E-state index >= 15 is 0 Å². The van der Waals surface area contributed by atoms with Crippen molar-refractivity contribution in [3.8, 4) is 5.82 Å². The highest BCUT2D eigenvalue weighted by atomic mass is 35.5. The SMILES string of the molecule is Cc1nc(N2CCOCC2)cc(-n2ncc3cc(Cl)c(C4CCNCC4)cc32)n1. The highest BCUT2D eigenvalue weighted by Gasteiger charge is 2.21. The molecule has 2 fully saturated rings. The number of ether oxygens (including phenoxy) is 1. The molecular formula is C21H25ClN6O. The number of nitrogens with one attached hydrogen (secondary N) is 1. The van der Waals surface area contributed by atoms with Gasteiger partial charge in [0, 0.05) is 29.6 Å². The molecule has 0 radical (unpaired) electrons. The highest BCUT2D eigenvalue weighted by molar-refractivity contribution is 6.32. The number of halogens is 1. The summed E-state index contributed by atoms with van der Waals surface area (Å²) < 4.78 is 7.39. The van der Waals surface area contributed by atoms with Crippen LogP contribution in [0.25, 0.3) is 16.7 Å². The van der Waals surface area contributed by atoms with E-state index in [0.29, 0.717) is 5.92 Å². The number of fused-ring (bicyclic) bond motifs is 1. The number of aromatic nitrogens is 4. The number of nitrogens with zero attached hydrogens (tertiary/aromatic N) is 5. The summed E-state index contributed by atoms with van der Waals surface area (Å²) in [6.45, 7) is 7.12. The van der Waals surface area contributed by atoms with Gasteiger partial charge in [0.1, 0.15) is 11.6 Å². The molecule has 0 aliphatic carbocycles. The number of piperidine rings is 1. The van der Waals surface area contributed by atoms with Crippen molar-refractivity contribution in [3.05, 3.63) is 40.8 Å². The van der Waals surface area contributed by atoms with Crippen molar-refractivity contribution in [2.24, 2.45) is 0 Å². The van der Waals surface area contributed by atoms with Crippen LogP contribution in [0, 0.1) is 6.92 Å². The first-order valence-electron chi connectivity index (χ1n) is 10.3. The van der Waals surface area contributed by atoms with Crippen LogP contribution in [0.2, 0.25) is 5.02 Å². The van der Waals surface area contributed by atoms with E-state index < -0.39 is 0 Å². The average Bonchev–Trinajstić information content (AvgIpc) is 3.16. The third-order valence-corrected chi connectivity index (χ3v) is 6.16. The lowest BCUT2D eigenvalue weighted by Gasteiger charge is -2.28. The summed E-state index contributed by atoms with van der Waals surface area (Å²) in [6, 6.07) is 6.25. The molecule has 2 aliphatic heterocycles. The van der Waals surface area contributed by atoms with E-state index in [1.165, 1.54) is 5.56 Å². The molecule has 0 bridgehead atoms. The molecule has 0 saturated carbocycles. The molecule has 2 aliphatic rings. The molecule has 5 rings (SSSR count). The Morgan fingerprint density at radius 2 is 1.83 bits per heavy atom. The van der Waals surface area contributed by atoms with E-state index in [9.17, 15) is 0 Å². The van der Waals surface area contributed by atoms with Gasteiger partial charge in [-0.3, -0.25) is 0 Å². The second-order valence-electron chi connectivity index (χ2n) is 7.74. The summed E-state index contributed by atoms with van der Waals surface area (Å²) in [4.78, 5) is 11.6. The second-order valence-corrected chi connectivity index (χ2v) is 8.15. The number of benzene rings is 1. The van der Waals surface area contributed by atoms with Gasteiger partial charge in [-0.05, 0) is 56.5 Å². The van der Waals surface area contributed by atoms with Crippen LogP contribution in [0.4, 0.5) is 5.82 Å². The Kier molecular flexibility index (Phi) is 5.11. The maximum atomic E-state index is 6.64. The molecule has 0 atom stereocenters. The smallest absolute Gasteiger partial charge is 0.159 e. The Morgan fingerprint density at radius 1 is 1.07 bits per heavy atom. The Morgan fingerprint density at radius 3 is 2.62 bits per heavy atom. The van der Waals surface area contributed by atoms with Crippen LogP contribution in [0.15, 0.2) is 24.4 Å². The lowest BCUT2D eigenvalue weighted by molar-refractivity contribution is 0.122. The molecule has 2 saturated heterocycles. The summed E-state index contributed by atoms with van der Waals surface area (Å²) in [7, 11) is 0. The summed E-state index contributed by atoms with van der Waals surface area (Å²) in [5.74, 6) is 2.92. The van der Waals surface area contributed by atoms with Crippen LogP contribution in [0.5, 0.6) is 0 Å². The Labute approximate surface area is 175 Å². The minimum Gasteiger partial charge on any atom is -0.378 e. The normalized spacial score (nSPS) is 18.5. The van der Waals surface area contributed by atoms with Crippen LogP contribution in [0.1, 0.15) is 30.1 Å². The Bertz CT molecular complexity index is 1020. The minimum atomic E-state index is 0.479. The van der Waals surface area contributed by atoms with E-state index in [4.69, 9.17) is 16.3 Å². The third kappa shape index (κ3) is 3.70. The summed E-state index contributed by atoms with van der Waals surface area (Å²) in [5, 5.41) is 9.91. The second kappa shape index (κ2) is 7.89. The van der Waals surface area contributed by atoms with Crippen molar-refractivity contribution in [1.29, 1.82) is 0 Å². The number of rotatable bonds is 3. The monoisotopic (exact) mass is 412 g/mol. The van der Waals surface area contributed by atoms with Gasteiger partial charge in [0.15, 0.2) is 5.82 Å². The van der Waals surface area contributed by atoms with E-state index in [1.54, 1.807) is 0 Å². The topological polar surface area (TPSA) is 68.1 Å². The fraction of sp³-hybridized carbons (Fsp3) is 0.476. The lowest BCUT2D eigenvalue weighted by atomic mass is 9.90. The molecule has 0 spiro atoms. The number of hydrogen-bond acceptors (Lipinski definition) is 6. The number of aryl methyl sites for hydroxylation is 1. The van der Waals surface area contributed by atoms with Gasteiger partial charge < -0.3 is 15.0 Å². The Balaban J connectivity index is 1.57. The highest BCUT2D eigenvalue weighted by Crippen LogP contribution is 2.34. The average molecular weight is 413 g/mol. The molecule has 1 aromatic carbocycles. The lowest BCUT2D eigenvalue weighted by Crippen LogP contribution is -2.37. The van der Waals surface area contributed by atoms with E-state index in [0.717, 1.165) is 85.6 Å². The molecule has 152 valence electrons. The van der Waals surface area contributed by atoms with Crippen LogP contribution in [-0.2, 0) is 4.74 Å².